The van der Waals surface area contributed by atoms with Gasteiger partial charge in [-0.3, -0.25) is 10.1 Å². The number of carbonyl (C=O) groups excluding carboxylic acids is 1. The number of hydrogen-bond donors (Lipinski definition) is 1. The van der Waals surface area contributed by atoms with E-state index in [0.29, 0.717) is 21.4 Å². The maximum Gasteiger partial charge on any atom is 0.257 e. The van der Waals surface area contributed by atoms with Gasteiger partial charge in [0.25, 0.3) is 5.91 Å². The van der Waals surface area contributed by atoms with Crippen molar-refractivity contribution >= 4 is 53.6 Å². The third kappa shape index (κ3) is 4.57. The van der Waals surface area contributed by atoms with E-state index in [4.69, 9.17) is 11.6 Å². The van der Waals surface area contributed by atoms with Crippen molar-refractivity contribution in [3.63, 3.8) is 0 Å². The van der Waals surface area contributed by atoms with Crippen LogP contribution in [0.2, 0.25) is 5.02 Å². The first-order valence-electron chi connectivity index (χ1n) is 6.84. The first kappa shape index (κ1) is 17.9. The molecule has 0 fully saturated rings. The predicted molar refractivity (Wildman–Crippen MR) is 98.8 cm³/mol. The molecule has 0 bridgehead atoms. The molecule has 25 heavy (non-hydrogen) atoms. The molecule has 1 N–H and O–H groups in total. The Morgan fingerprint density at radius 2 is 1.72 bits per heavy atom. The Hall–Kier alpha value is -1.94. The molecule has 0 saturated heterocycles. The third-order valence-corrected chi connectivity index (χ3v) is 7.65. The SMILES string of the molecule is O=C(Nc1nnc(SS(=O)(=O)c2ccc(Cl)cc2)s1)c1ccccc1. The number of rotatable bonds is 5. The van der Waals surface area contributed by atoms with Crippen LogP contribution in [0, 0.1) is 0 Å². The van der Waals surface area contributed by atoms with Crippen LogP contribution in [-0.2, 0) is 8.87 Å². The molecule has 0 aliphatic heterocycles. The molecule has 3 aromatic rings. The smallest absolute Gasteiger partial charge is 0.257 e. The average Bonchev–Trinajstić information content (AvgIpc) is 3.02. The minimum absolute atomic E-state index is 0.118. The zero-order valence-electron chi connectivity index (χ0n) is 12.4. The number of halogens is 1. The first-order valence-corrected chi connectivity index (χ1v) is 10.8. The van der Waals surface area contributed by atoms with E-state index in [0.717, 1.165) is 11.3 Å². The van der Waals surface area contributed by atoms with Crippen LogP contribution in [-0.4, -0.2) is 24.5 Å². The van der Waals surface area contributed by atoms with E-state index in [1.165, 1.54) is 24.3 Å². The van der Waals surface area contributed by atoms with Gasteiger partial charge in [-0.15, -0.1) is 10.2 Å². The third-order valence-electron chi connectivity index (χ3n) is 2.95. The molecule has 0 aliphatic carbocycles. The maximum absolute atomic E-state index is 12.3. The van der Waals surface area contributed by atoms with Gasteiger partial charge in [0.15, 0.2) is 4.34 Å². The van der Waals surface area contributed by atoms with Crippen molar-refractivity contribution < 1.29 is 13.2 Å². The topological polar surface area (TPSA) is 89.0 Å². The van der Waals surface area contributed by atoms with Crippen molar-refractivity contribution in [2.45, 2.75) is 9.24 Å². The van der Waals surface area contributed by atoms with E-state index < -0.39 is 8.87 Å². The molecule has 0 saturated carbocycles. The van der Waals surface area contributed by atoms with E-state index in [-0.39, 0.29) is 20.3 Å². The molecule has 1 aromatic heterocycles. The molecular formula is C15H10ClN3O3S3. The van der Waals surface area contributed by atoms with Gasteiger partial charge in [0.05, 0.1) is 4.90 Å². The summed E-state index contributed by atoms with van der Waals surface area (Å²) in [5.41, 5.74) is 0.473. The molecule has 2 aromatic carbocycles. The maximum atomic E-state index is 12.3. The number of amides is 1. The van der Waals surface area contributed by atoms with Crippen LogP contribution in [0.5, 0.6) is 0 Å². The van der Waals surface area contributed by atoms with Gasteiger partial charge in [-0.2, -0.15) is 0 Å². The van der Waals surface area contributed by atoms with E-state index in [1.807, 2.05) is 0 Å². The number of hydrogen-bond acceptors (Lipinski definition) is 7. The zero-order valence-corrected chi connectivity index (χ0v) is 15.6. The van der Waals surface area contributed by atoms with Crippen molar-refractivity contribution in [2.24, 2.45) is 0 Å². The Balaban J connectivity index is 1.71. The van der Waals surface area contributed by atoms with E-state index >= 15 is 0 Å². The summed E-state index contributed by atoms with van der Waals surface area (Å²) in [4.78, 5) is 12.2. The van der Waals surface area contributed by atoms with Crippen molar-refractivity contribution in [1.29, 1.82) is 0 Å². The molecule has 1 heterocycles. The van der Waals surface area contributed by atoms with Crippen LogP contribution in [0.25, 0.3) is 0 Å². The van der Waals surface area contributed by atoms with Crippen molar-refractivity contribution in [3.05, 3.63) is 65.2 Å². The second kappa shape index (κ2) is 7.52. The lowest BCUT2D eigenvalue weighted by Crippen LogP contribution is -2.11. The molecule has 3 rings (SSSR count). The summed E-state index contributed by atoms with van der Waals surface area (Å²) < 4.78 is 24.9. The largest absolute Gasteiger partial charge is 0.296 e. The number of benzene rings is 2. The lowest BCUT2D eigenvalue weighted by Gasteiger charge is -2.01. The monoisotopic (exact) mass is 411 g/mol. The number of anilines is 1. The summed E-state index contributed by atoms with van der Waals surface area (Å²) in [5, 5.41) is 10.9. The summed E-state index contributed by atoms with van der Waals surface area (Å²) in [6.45, 7) is 0. The van der Waals surface area contributed by atoms with Crippen molar-refractivity contribution in [3.8, 4) is 0 Å². The number of nitrogens with one attached hydrogen (secondary N) is 1. The zero-order chi connectivity index (χ0) is 17.9. The molecule has 0 atom stereocenters. The molecule has 10 heteroatoms. The average molecular weight is 412 g/mol. The second-order valence-corrected chi connectivity index (χ2v) is 10.1. The van der Waals surface area contributed by atoms with E-state index in [1.54, 1.807) is 30.3 Å². The van der Waals surface area contributed by atoms with Gasteiger partial charge in [0.1, 0.15) is 0 Å². The Kier molecular flexibility index (Phi) is 5.38. The Labute approximate surface area is 156 Å². The van der Waals surface area contributed by atoms with E-state index in [2.05, 4.69) is 15.5 Å². The summed E-state index contributed by atoms with van der Waals surface area (Å²) in [6, 6.07) is 14.5. The normalized spacial score (nSPS) is 11.2. The fourth-order valence-corrected chi connectivity index (χ4v) is 5.99. The van der Waals surface area contributed by atoms with Crippen LogP contribution in [0.15, 0.2) is 63.8 Å². The summed E-state index contributed by atoms with van der Waals surface area (Å²) in [5.74, 6) is -0.339. The van der Waals surface area contributed by atoms with Gasteiger partial charge >= 0.3 is 0 Å². The lowest BCUT2D eigenvalue weighted by atomic mass is 10.2. The van der Waals surface area contributed by atoms with Gasteiger partial charge < -0.3 is 0 Å². The van der Waals surface area contributed by atoms with Crippen LogP contribution >= 0.6 is 33.7 Å². The highest BCUT2D eigenvalue weighted by atomic mass is 35.5. The Morgan fingerprint density at radius 1 is 1.04 bits per heavy atom. The Morgan fingerprint density at radius 3 is 2.40 bits per heavy atom. The minimum atomic E-state index is -3.64. The predicted octanol–water partition coefficient (Wildman–Crippen LogP) is 3.92. The van der Waals surface area contributed by atoms with Gasteiger partial charge in [-0.05, 0) is 36.4 Å². The Bertz CT molecular complexity index is 990. The molecule has 0 spiro atoms. The quantitative estimate of drug-likeness (QED) is 0.505. The molecule has 1 amide bonds. The fraction of sp³-hybridized carbons (Fsp3) is 0. The molecule has 0 radical (unpaired) electrons. The molecule has 0 aliphatic rings. The fourth-order valence-electron chi connectivity index (χ4n) is 1.80. The number of carbonyl (C=O) groups is 1. The van der Waals surface area contributed by atoms with Gasteiger partial charge in [0.2, 0.25) is 14.0 Å². The molecule has 128 valence electrons. The van der Waals surface area contributed by atoms with Crippen LogP contribution in [0.4, 0.5) is 5.13 Å². The standard InChI is InChI=1S/C15H10ClN3O3S3/c16-11-6-8-12(9-7-11)25(21,22)24-15-19-18-14(23-15)17-13(20)10-4-2-1-3-5-10/h1-9H,(H,17,18,20). The highest BCUT2D eigenvalue weighted by Gasteiger charge is 2.20. The molecular weight excluding hydrogens is 402 g/mol. The van der Waals surface area contributed by atoms with Crippen LogP contribution in [0.1, 0.15) is 10.4 Å². The van der Waals surface area contributed by atoms with Gasteiger partial charge in [-0.1, -0.05) is 41.1 Å². The summed E-state index contributed by atoms with van der Waals surface area (Å²) in [7, 11) is -3.07. The first-order chi connectivity index (χ1) is 11.9. The number of aromatic nitrogens is 2. The lowest BCUT2D eigenvalue weighted by molar-refractivity contribution is 0.102. The number of nitrogens with zero attached hydrogens (tertiary/aromatic N) is 2. The molecule has 0 unspecified atom stereocenters. The summed E-state index contributed by atoms with van der Waals surface area (Å²) in [6.07, 6.45) is 0. The van der Waals surface area contributed by atoms with Gasteiger partial charge in [-0.25, -0.2) is 8.42 Å². The summed E-state index contributed by atoms with van der Waals surface area (Å²) >= 11 is 6.75. The minimum Gasteiger partial charge on any atom is -0.296 e. The second-order valence-electron chi connectivity index (χ2n) is 4.68. The van der Waals surface area contributed by atoms with Crippen molar-refractivity contribution in [1.82, 2.24) is 10.2 Å². The highest BCUT2D eigenvalue weighted by molar-refractivity contribution is 8.72. The van der Waals surface area contributed by atoms with Crippen LogP contribution in [0.3, 0.4) is 0 Å². The molecule has 6 nitrogen and oxygen atoms in total. The van der Waals surface area contributed by atoms with Crippen molar-refractivity contribution in [2.75, 3.05) is 5.32 Å². The highest BCUT2D eigenvalue weighted by Crippen LogP contribution is 2.34. The van der Waals surface area contributed by atoms with Crippen LogP contribution < -0.4 is 5.32 Å². The van der Waals surface area contributed by atoms with Gasteiger partial charge in [0, 0.05) is 21.4 Å². The van der Waals surface area contributed by atoms with E-state index in [9.17, 15) is 13.2 Å².